The maximum atomic E-state index is 10.6. The fourth-order valence-electron chi connectivity index (χ4n) is 3.25. The molecule has 3 rings (SSSR count). The van der Waals surface area contributed by atoms with Crippen LogP contribution < -0.4 is 10.1 Å². The van der Waals surface area contributed by atoms with Crippen LogP contribution in [-0.2, 0) is 17.6 Å². The lowest BCUT2D eigenvalue weighted by Crippen LogP contribution is -2.37. The van der Waals surface area contributed by atoms with Crippen molar-refractivity contribution in [2.24, 2.45) is 0 Å². The van der Waals surface area contributed by atoms with Gasteiger partial charge in [-0.05, 0) is 60.2 Å². The highest BCUT2D eigenvalue weighted by atomic mass is 35.5. The summed E-state index contributed by atoms with van der Waals surface area (Å²) in [5, 5.41) is 23.1. The van der Waals surface area contributed by atoms with Crippen LogP contribution in [0.1, 0.15) is 29.2 Å². The molecule has 0 heterocycles. The molecule has 0 aromatic heterocycles. The van der Waals surface area contributed by atoms with E-state index in [0.29, 0.717) is 17.3 Å². The van der Waals surface area contributed by atoms with Crippen molar-refractivity contribution in [2.75, 3.05) is 13.2 Å². The number of benzene rings is 2. The lowest BCUT2D eigenvalue weighted by molar-refractivity contribution is -0.139. The van der Waals surface area contributed by atoms with Crippen LogP contribution in [0.2, 0.25) is 5.02 Å². The third kappa shape index (κ3) is 4.97. The highest BCUT2D eigenvalue weighted by Gasteiger charge is 2.20. The SMILES string of the molecule is O=C(O)COc1ccc2c(c1)C[C@@H](NC[C@H](O)c1cccc(Cl)c1)CC2. The van der Waals surface area contributed by atoms with E-state index in [1.54, 1.807) is 12.1 Å². The summed E-state index contributed by atoms with van der Waals surface area (Å²) < 4.78 is 5.26. The molecule has 0 spiro atoms. The number of nitrogens with one attached hydrogen (secondary N) is 1. The van der Waals surface area contributed by atoms with E-state index in [2.05, 4.69) is 5.32 Å². The molecule has 3 N–H and O–H groups in total. The standard InChI is InChI=1S/C20H22ClNO4/c21-16-3-1-2-14(8-16)19(23)11-22-17-6-4-13-5-7-18(10-15(13)9-17)26-12-20(24)25/h1-3,5,7-8,10,17,19,22-23H,4,6,9,11-12H2,(H,24,25)/t17-,19-/m0/s1. The molecule has 0 fully saturated rings. The molecular weight excluding hydrogens is 354 g/mol. The second kappa shape index (κ2) is 8.54. The van der Waals surface area contributed by atoms with Crippen molar-refractivity contribution in [3.05, 3.63) is 64.2 Å². The third-order valence-corrected chi connectivity index (χ3v) is 4.84. The normalized spacial score (nSPS) is 17.4. The first-order valence-electron chi connectivity index (χ1n) is 8.64. The minimum atomic E-state index is -0.989. The van der Waals surface area contributed by atoms with E-state index < -0.39 is 12.1 Å². The molecule has 2 atom stereocenters. The van der Waals surface area contributed by atoms with Crippen molar-refractivity contribution in [3.8, 4) is 5.75 Å². The average Bonchev–Trinajstić information content (AvgIpc) is 2.64. The molecule has 0 unspecified atom stereocenters. The van der Waals surface area contributed by atoms with Crippen molar-refractivity contribution >= 4 is 17.6 Å². The molecule has 6 heteroatoms. The zero-order chi connectivity index (χ0) is 18.5. The molecule has 2 aromatic rings. The minimum absolute atomic E-state index is 0.256. The summed E-state index contributed by atoms with van der Waals surface area (Å²) in [7, 11) is 0. The number of aryl methyl sites for hydroxylation is 1. The van der Waals surface area contributed by atoms with Crippen LogP contribution >= 0.6 is 11.6 Å². The van der Waals surface area contributed by atoms with Gasteiger partial charge in [-0.2, -0.15) is 0 Å². The van der Waals surface area contributed by atoms with Crippen LogP contribution in [0, 0.1) is 0 Å². The van der Waals surface area contributed by atoms with Crippen molar-refractivity contribution < 1.29 is 19.7 Å². The summed E-state index contributed by atoms with van der Waals surface area (Å²) in [6.07, 6.45) is 2.15. The summed E-state index contributed by atoms with van der Waals surface area (Å²) >= 11 is 5.97. The highest BCUT2D eigenvalue weighted by molar-refractivity contribution is 6.30. The predicted octanol–water partition coefficient (Wildman–Crippen LogP) is 2.98. The first kappa shape index (κ1) is 18.7. The Kier molecular flexibility index (Phi) is 6.14. The molecule has 0 radical (unpaired) electrons. The van der Waals surface area contributed by atoms with Crippen LogP contribution in [-0.4, -0.2) is 35.4 Å². The number of carboxylic acid groups (broad SMARTS) is 1. The Balaban J connectivity index is 1.57. The number of carboxylic acids is 1. The molecule has 26 heavy (non-hydrogen) atoms. The topological polar surface area (TPSA) is 78.8 Å². The van der Waals surface area contributed by atoms with Crippen molar-refractivity contribution in [1.82, 2.24) is 5.32 Å². The Morgan fingerprint density at radius 2 is 2.12 bits per heavy atom. The monoisotopic (exact) mass is 375 g/mol. The smallest absolute Gasteiger partial charge is 0.341 e. The first-order chi connectivity index (χ1) is 12.5. The number of carbonyl (C=O) groups is 1. The molecule has 0 bridgehead atoms. The van der Waals surface area contributed by atoms with Crippen molar-refractivity contribution in [2.45, 2.75) is 31.4 Å². The van der Waals surface area contributed by atoms with E-state index in [1.807, 2.05) is 30.3 Å². The number of hydrogen-bond acceptors (Lipinski definition) is 4. The summed E-state index contributed by atoms with van der Waals surface area (Å²) in [4.78, 5) is 10.6. The van der Waals surface area contributed by atoms with Crippen molar-refractivity contribution in [1.29, 1.82) is 0 Å². The van der Waals surface area contributed by atoms with Gasteiger partial charge in [-0.25, -0.2) is 4.79 Å². The Morgan fingerprint density at radius 1 is 1.27 bits per heavy atom. The molecule has 138 valence electrons. The van der Waals surface area contributed by atoms with Gasteiger partial charge in [0.15, 0.2) is 6.61 Å². The summed E-state index contributed by atoms with van der Waals surface area (Å²) in [5.41, 5.74) is 3.22. The second-order valence-electron chi connectivity index (χ2n) is 6.53. The van der Waals surface area contributed by atoms with Gasteiger partial charge in [0.05, 0.1) is 6.10 Å². The van der Waals surface area contributed by atoms with E-state index in [1.165, 1.54) is 5.56 Å². The van der Waals surface area contributed by atoms with E-state index in [9.17, 15) is 9.90 Å². The van der Waals surface area contributed by atoms with E-state index >= 15 is 0 Å². The van der Waals surface area contributed by atoms with E-state index in [0.717, 1.165) is 30.4 Å². The first-order valence-corrected chi connectivity index (χ1v) is 9.02. The second-order valence-corrected chi connectivity index (χ2v) is 6.97. The molecule has 0 amide bonds. The molecule has 1 aliphatic carbocycles. The fourth-order valence-corrected chi connectivity index (χ4v) is 3.45. The van der Waals surface area contributed by atoms with Gasteiger partial charge in [0.2, 0.25) is 0 Å². The summed E-state index contributed by atoms with van der Waals surface area (Å²) in [6.45, 7) is 0.113. The van der Waals surface area contributed by atoms with E-state index in [4.69, 9.17) is 21.4 Å². The number of aliphatic carboxylic acids is 1. The number of fused-ring (bicyclic) bond motifs is 1. The number of halogens is 1. The lowest BCUT2D eigenvalue weighted by atomic mass is 9.88. The van der Waals surface area contributed by atoms with Gasteiger partial charge in [-0.15, -0.1) is 0 Å². The molecule has 0 saturated carbocycles. The van der Waals surface area contributed by atoms with Crippen LogP contribution in [0.5, 0.6) is 5.75 Å². The largest absolute Gasteiger partial charge is 0.482 e. The number of ether oxygens (including phenoxy) is 1. The average molecular weight is 376 g/mol. The predicted molar refractivity (Wildman–Crippen MR) is 99.8 cm³/mol. The summed E-state index contributed by atoms with van der Waals surface area (Å²) in [6, 6.07) is 13.2. The van der Waals surface area contributed by atoms with Gasteiger partial charge >= 0.3 is 5.97 Å². The Labute approximate surface area is 157 Å². The fraction of sp³-hybridized carbons (Fsp3) is 0.350. The molecular formula is C20H22ClNO4. The number of aliphatic hydroxyl groups excluding tert-OH is 1. The van der Waals surface area contributed by atoms with Gasteiger partial charge in [0, 0.05) is 17.6 Å². The van der Waals surface area contributed by atoms with Crippen LogP contribution in [0.3, 0.4) is 0 Å². The number of rotatable bonds is 7. The number of hydrogen-bond donors (Lipinski definition) is 3. The van der Waals surface area contributed by atoms with Crippen LogP contribution in [0.25, 0.3) is 0 Å². The maximum absolute atomic E-state index is 10.6. The van der Waals surface area contributed by atoms with Crippen LogP contribution in [0.4, 0.5) is 0 Å². The molecule has 2 aromatic carbocycles. The molecule has 5 nitrogen and oxygen atoms in total. The van der Waals surface area contributed by atoms with Crippen LogP contribution in [0.15, 0.2) is 42.5 Å². The molecule has 0 aliphatic heterocycles. The quantitative estimate of drug-likeness (QED) is 0.693. The lowest BCUT2D eigenvalue weighted by Gasteiger charge is -2.27. The summed E-state index contributed by atoms with van der Waals surface area (Å²) in [5.74, 6) is -0.414. The Bertz CT molecular complexity index is 780. The Morgan fingerprint density at radius 3 is 2.88 bits per heavy atom. The molecule has 1 aliphatic rings. The highest BCUT2D eigenvalue weighted by Crippen LogP contribution is 2.26. The van der Waals surface area contributed by atoms with Gasteiger partial charge in [0.1, 0.15) is 5.75 Å². The number of aliphatic hydroxyl groups is 1. The van der Waals surface area contributed by atoms with Gasteiger partial charge < -0.3 is 20.3 Å². The Hall–Kier alpha value is -2.08. The third-order valence-electron chi connectivity index (χ3n) is 4.60. The van der Waals surface area contributed by atoms with Gasteiger partial charge in [0.25, 0.3) is 0 Å². The molecule has 0 saturated heterocycles. The van der Waals surface area contributed by atoms with Crippen molar-refractivity contribution in [3.63, 3.8) is 0 Å². The zero-order valence-corrected chi connectivity index (χ0v) is 15.1. The minimum Gasteiger partial charge on any atom is -0.482 e. The maximum Gasteiger partial charge on any atom is 0.341 e. The zero-order valence-electron chi connectivity index (χ0n) is 14.3. The van der Waals surface area contributed by atoms with E-state index in [-0.39, 0.29) is 12.6 Å². The van der Waals surface area contributed by atoms with Gasteiger partial charge in [-0.1, -0.05) is 29.8 Å². The van der Waals surface area contributed by atoms with Gasteiger partial charge in [-0.3, -0.25) is 0 Å².